The van der Waals surface area contributed by atoms with E-state index in [1.165, 1.54) is 0 Å². The summed E-state index contributed by atoms with van der Waals surface area (Å²) in [6.45, 7) is -0.710. The highest BCUT2D eigenvalue weighted by Crippen LogP contribution is 2.40. The Morgan fingerprint density at radius 2 is 2.27 bits per heavy atom. The third kappa shape index (κ3) is 2.86. The van der Waals surface area contributed by atoms with E-state index in [0.29, 0.717) is 0 Å². The molecule has 10 heteroatoms. The number of carbonyl (C=O) groups is 2. The minimum atomic E-state index is -2.62. The van der Waals surface area contributed by atoms with E-state index in [4.69, 9.17) is 9.84 Å². The molecule has 5 atom stereocenters. The molecule has 2 aliphatic heterocycles. The topological polar surface area (TPSA) is 129 Å². The van der Waals surface area contributed by atoms with Gasteiger partial charge in [0.25, 0.3) is 0 Å². The van der Waals surface area contributed by atoms with Crippen LogP contribution in [0.2, 0.25) is 0 Å². The second-order valence-electron chi connectivity index (χ2n) is 5.28. The van der Waals surface area contributed by atoms with Crippen LogP contribution in [0.3, 0.4) is 0 Å². The highest BCUT2D eigenvalue weighted by Gasteiger charge is 2.61. The molecule has 9 nitrogen and oxygen atoms in total. The van der Waals surface area contributed by atoms with Gasteiger partial charge in [-0.15, -0.1) is 0 Å². The summed E-state index contributed by atoms with van der Waals surface area (Å²) in [6.07, 6.45) is -6.43. The van der Waals surface area contributed by atoms with Gasteiger partial charge in [-0.2, -0.15) is 0 Å². The summed E-state index contributed by atoms with van der Waals surface area (Å²) in [7, 11) is 1.07. The summed E-state index contributed by atoms with van der Waals surface area (Å²) in [5, 5.41) is 30.7. The number of amides is 2. The highest BCUT2D eigenvalue weighted by molar-refractivity contribution is 5.76. The molecule has 126 valence electrons. The van der Waals surface area contributed by atoms with Gasteiger partial charge >= 0.3 is 12.0 Å². The van der Waals surface area contributed by atoms with E-state index in [2.05, 4.69) is 10.1 Å². The van der Waals surface area contributed by atoms with E-state index in [1.54, 1.807) is 0 Å². The Labute approximate surface area is 125 Å². The number of ether oxygens (including phenoxy) is 2. The van der Waals surface area contributed by atoms with Crippen LogP contribution in [0.1, 0.15) is 12.8 Å². The van der Waals surface area contributed by atoms with Crippen molar-refractivity contribution in [2.24, 2.45) is 0 Å². The molecule has 0 bridgehead atoms. The fourth-order valence-electron chi connectivity index (χ4n) is 2.65. The summed E-state index contributed by atoms with van der Waals surface area (Å²) in [5.74, 6) is -0.925. The van der Waals surface area contributed by atoms with Gasteiger partial charge in [0.15, 0.2) is 11.9 Å². The van der Waals surface area contributed by atoms with Crippen LogP contribution in [0.5, 0.6) is 0 Å². The summed E-state index contributed by atoms with van der Waals surface area (Å²) in [4.78, 5) is 24.2. The Kier molecular flexibility index (Phi) is 4.85. The molecule has 2 fully saturated rings. The first kappa shape index (κ1) is 16.9. The molecule has 4 N–H and O–H groups in total. The summed E-state index contributed by atoms with van der Waals surface area (Å²) < 4.78 is 24.9. The van der Waals surface area contributed by atoms with Crippen LogP contribution in [0.25, 0.3) is 0 Å². The number of aliphatic hydroxyl groups is 3. The van der Waals surface area contributed by atoms with Gasteiger partial charge in [-0.05, 0) is 0 Å². The smallest absolute Gasteiger partial charge is 0.321 e. The van der Waals surface area contributed by atoms with E-state index < -0.39 is 55.4 Å². The van der Waals surface area contributed by atoms with Crippen molar-refractivity contribution in [3.05, 3.63) is 0 Å². The van der Waals surface area contributed by atoms with Crippen molar-refractivity contribution in [3.8, 4) is 0 Å². The maximum atomic E-state index is 15.2. The van der Waals surface area contributed by atoms with Crippen LogP contribution in [0.4, 0.5) is 9.18 Å². The number of rotatable bonds is 4. The number of esters is 1. The average molecular weight is 322 g/mol. The number of halogens is 1. The van der Waals surface area contributed by atoms with E-state index >= 15 is 4.39 Å². The summed E-state index contributed by atoms with van der Waals surface area (Å²) in [6, 6.07) is -0.790. The second-order valence-corrected chi connectivity index (χ2v) is 5.28. The Morgan fingerprint density at radius 3 is 2.82 bits per heavy atom. The lowest BCUT2D eigenvalue weighted by Crippen LogP contribution is -2.61. The van der Waals surface area contributed by atoms with Crippen molar-refractivity contribution in [1.29, 1.82) is 0 Å². The van der Waals surface area contributed by atoms with Crippen LogP contribution in [-0.2, 0) is 14.3 Å². The maximum Gasteiger partial charge on any atom is 0.321 e. The SMILES string of the molecule is COC(=O)C[C@]1(F)C(N2CCC(O)NC2=O)O[C@H](CO)[C@H]1O. The van der Waals surface area contributed by atoms with Crippen molar-refractivity contribution < 1.29 is 38.8 Å². The van der Waals surface area contributed by atoms with Crippen LogP contribution in [0.15, 0.2) is 0 Å². The van der Waals surface area contributed by atoms with Gasteiger partial charge in [-0.1, -0.05) is 0 Å². The van der Waals surface area contributed by atoms with Crippen molar-refractivity contribution in [3.63, 3.8) is 0 Å². The second kappa shape index (κ2) is 6.32. The molecule has 0 aromatic carbocycles. The molecule has 22 heavy (non-hydrogen) atoms. The van der Waals surface area contributed by atoms with Gasteiger partial charge in [-0.25, -0.2) is 9.18 Å². The van der Waals surface area contributed by atoms with E-state index in [-0.39, 0.29) is 13.0 Å². The predicted molar refractivity (Wildman–Crippen MR) is 68.1 cm³/mol. The lowest BCUT2D eigenvalue weighted by Gasteiger charge is -2.39. The minimum absolute atomic E-state index is 0.0324. The number of nitrogens with zero attached hydrogens (tertiary/aromatic N) is 1. The van der Waals surface area contributed by atoms with Gasteiger partial charge < -0.3 is 30.1 Å². The molecule has 0 aromatic heterocycles. The maximum absolute atomic E-state index is 15.2. The third-order valence-electron chi connectivity index (χ3n) is 3.86. The van der Waals surface area contributed by atoms with Crippen molar-refractivity contribution in [1.82, 2.24) is 10.2 Å². The number of methoxy groups -OCH3 is 1. The van der Waals surface area contributed by atoms with Crippen LogP contribution in [0, 0.1) is 0 Å². The average Bonchev–Trinajstić information content (AvgIpc) is 2.71. The number of carbonyl (C=O) groups excluding carboxylic acids is 2. The summed E-state index contributed by atoms with van der Waals surface area (Å²) >= 11 is 0. The number of hydrogen-bond acceptors (Lipinski definition) is 7. The standard InChI is InChI=1S/C12H19FN2O7/c1-21-8(18)4-12(13)9(19)6(5-16)22-10(12)15-3-2-7(17)14-11(15)20/h6-7,9-10,16-17,19H,2-5H2,1H3,(H,14,20)/t6-,7?,9-,10?,12-/m1/s1. The monoisotopic (exact) mass is 322 g/mol. The molecule has 2 unspecified atom stereocenters. The Balaban J connectivity index is 2.26. The predicted octanol–water partition coefficient (Wildman–Crippen LogP) is -1.93. The van der Waals surface area contributed by atoms with Crippen LogP contribution in [-0.4, -0.2) is 82.8 Å². The Morgan fingerprint density at radius 1 is 1.59 bits per heavy atom. The largest absolute Gasteiger partial charge is 0.469 e. The first-order chi connectivity index (χ1) is 10.3. The fourth-order valence-corrected chi connectivity index (χ4v) is 2.65. The summed E-state index contributed by atoms with van der Waals surface area (Å²) in [5.41, 5.74) is -2.62. The fraction of sp³-hybridized carbons (Fsp3) is 0.833. The zero-order chi connectivity index (χ0) is 16.5. The molecule has 0 aliphatic carbocycles. The first-order valence-corrected chi connectivity index (χ1v) is 6.78. The van der Waals surface area contributed by atoms with Crippen molar-refractivity contribution in [2.75, 3.05) is 20.3 Å². The molecular weight excluding hydrogens is 303 g/mol. The van der Waals surface area contributed by atoms with Gasteiger partial charge in [0.2, 0.25) is 0 Å². The minimum Gasteiger partial charge on any atom is -0.469 e. The number of hydrogen-bond donors (Lipinski definition) is 4. The Hall–Kier alpha value is -1.49. The van der Waals surface area contributed by atoms with Gasteiger partial charge in [0, 0.05) is 13.0 Å². The molecule has 2 amide bonds. The molecule has 0 spiro atoms. The zero-order valence-electron chi connectivity index (χ0n) is 11.9. The quantitative estimate of drug-likeness (QED) is 0.444. The number of nitrogens with one attached hydrogen (secondary N) is 1. The molecule has 2 saturated heterocycles. The molecular formula is C12H19FN2O7. The van der Waals surface area contributed by atoms with Gasteiger partial charge in [-0.3, -0.25) is 9.69 Å². The lowest BCUT2D eigenvalue weighted by molar-refractivity contribution is -0.152. The van der Waals surface area contributed by atoms with Crippen molar-refractivity contribution >= 4 is 12.0 Å². The van der Waals surface area contributed by atoms with Crippen LogP contribution < -0.4 is 5.32 Å². The van der Waals surface area contributed by atoms with E-state index in [1.807, 2.05) is 0 Å². The highest BCUT2D eigenvalue weighted by atomic mass is 19.1. The third-order valence-corrected chi connectivity index (χ3v) is 3.86. The molecule has 0 aromatic rings. The van der Waals surface area contributed by atoms with Crippen molar-refractivity contribution in [2.45, 2.75) is 43.2 Å². The normalized spacial score (nSPS) is 38.8. The number of urea groups is 1. The van der Waals surface area contributed by atoms with Crippen LogP contribution >= 0.6 is 0 Å². The molecule has 2 aliphatic rings. The molecule has 2 heterocycles. The lowest BCUT2D eigenvalue weighted by atomic mass is 9.91. The number of aliphatic hydroxyl groups excluding tert-OH is 3. The first-order valence-electron chi connectivity index (χ1n) is 6.78. The number of alkyl halides is 1. The molecule has 0 saturated carbocycles. The zero-order valence-corrected chi connectivity index (χ0v) is 11.9. The van der Waals surface area contributed by atoms with E-state index in [9.17, 15) is 19.8 Å². The molecule has 0 radical (unpaired) electrons. The van der Waals surface area contributed by atoms with E-state index in [0.717, 1.165) is 12.0 Å². The van der Waals surface area contributed by atoms with Gasteiger partial charge in [0.1, 0.15) is 18.4 Å². The molecule has 2 rings (SSSR count). The Bertz CT molecular complexity index is 451. The van der Waals surface area contributed by atoms with Gasteiger partial charge in [0.05, 0.1) is 20.1 Å².